The van der Waals surface area contributed by atoms with Crippen molar-refractivity contribution in [1.82, 2.24) is 25.6 Å². The van der Waals surface area contributed by atoms with Gasteiger partial charge in [-0.3, -0.25) is 10.1 Å². The van der Waals surface area contributed by atoms with Crippen LogP contribution in [0.2, 0.25) is 0 Å². The molecular weight excluding hydrogens is 280 g/mol. The van der Waals surface area contributed by atoms with Gasteiger partial charge in [0.2, 0.25) is 5.91 Å². The number of imide groups is 1. The molecule has 2 rings (SSSR count). The predicted molar refractivity (Wildman–Crippen MR) is 69.4 cm³/mol. The topological polar surface area (TPSA) is 152 Å². The molecule has 1 aromatic heterocycles. The first-order chi connectivity index (χ1) is 10.0. The molecule has 21 heavy (non-hydrogen) atoms. The lowest BCUT2D eigenvalue weighted by Crippen LogP contribution is -2.42. The molecule has 0 radical (unpaired) electrons. The molecule has 0 spiro atoms. The fraction of sp³-hybridized carbons (Fsp3) is 0.545. The normalized spacial score (nSPS) is 13.8. The number of carbonyl (C=O) groups is 3. The molecule has 0 bridgehead atoms. The average Bonchev–Trinajstić information content (AvgIpc) is 3.11. The van der Waals surface area contributed by atoms with E-state index in [-0.39, 0.29) is 36.9 Å². The Morgan fingerprint density at radius 3 is 2.67 bits per heavy atom. The molecule has 3 amide bonds. The Labute approximate surface area is 119 Å². The summed E-state index contributed by atoms with van der Waals surface area (Å²) < 4.78 is 1.13. The Morgan fingerprint density at radius 1 is 1.38 bits per heavy atom. The SMILES string of the molecule is NCCc1c(C(=O)O)nnn1CC(=O)NC(=O)NC1CC1. The fourth-order valence-corrected chi connectivity index (χ4v) is 1.76. The van der Waals surface area contributed by atoms with Gasteiger partial charge in [0, 0.05) is 12.5 Å². The minimum atomic E-state index is -1.24. The molecule has 1 fully saturated rings. The summed E-state index contributed by atoms with van der Waals surface area (Å²) in [5.74, 6) is -1.84. The smallest absolute Gasteiger partial charge is 0.358 e. The maximum absolute atomic E-state index is 11.7. The van der Waals surface area contributed by atoms with Gasteiger partial charge in [-0.25, -0.2) is 14.3 Å². The summed E-state index contributed by atoms with van der Waals surface area (Å²) in [5.41, 5.74) is 5.42. The first kappa shape index (κ1) is 14.9. The van der Waals surface area contributed by atoms with Crippen LogP contribution in [0.3, 0.4) is 0 Å². The van der Waals surface area contributed by atoms with Crippen molar-refractivity contribution in [2.75, 3.05) is 6.54 Å². The summed E-state index contributed by atoms with van der Waals surface area (Å²) in [5, 5.41) is 20.8. The van der Waals surface area contributed by atoms with Gasteiger partial charge in [-0.1, -0.05) is 5.21 Å². The second kappa shape index (κ2) is 6.31. The standard InChI is InChI=1S/C11H16N6O4/c12-4-3-7-9(10(19)20)15-16-17(7)5-8(18)14-11(21)13-6-1-2-6/h6H,1-5,12H2,(H,19,20)(H2,13,14,18,21). The van der Waals surface area contributed by atoms with E-state index < -0.39 is 17.9 Å². The highest BCUT2D eigenvalue weighted by molar-refractivity contribution is 5.94. The highest BCUT2D eigenvalue weighted by Gasteiger charge is 2.24. The van der Waals surface area contributed by atoms with Gasteiger partial charge in [0.05, 0.1) is 5.69 Å². The summed E-state index contributed by atoms with van der Waals surface area (Å²) >= 11 is 0. The number of aromatic nitrogens is 3. The van der Waals surface area contributed by atoms with Gasteiger partial charge in [0.15, 0.2) is 5.69 Å². The minimum Gasteiger partial charge on any atom is -0.476 e. The Kier molecular flexibility index (Phi) is 4.48. The minimum absolute atomic E-state index is 0.135. The van der Waals surface area contributed by atoms with E-state index in [4.69, 9.17) is 10.8 Å². The first-order valence-corrected chi connectivity index (χ1v) is 6.47. The number of urea groups is 1. The lowest BCUT2D eigenvalue weighted by Gasteiger charge is -2.07. The van der Waals surface area contributed by atoms with E-state index in [9.17, 15) is 14.4 Å². The number of amides is 3. The van der Waals surface area contributed by atoms with Crippen molar-refractivity contribution in [1.29, 1.82) is 0 Å². The van der Waals surface area contributed by atoms with Crippen molar-refractivity contribution >= 4 is 17.9 Å². The van der Waals surface area contributed by atoms with E-state index in [1.807, 2.05) is 0 Å². The molecule has 5 N–H and O–H groups in total. The Hall–Kier alpha value is -2.49. The average molecular weight is 296 g/mol. The zero-order valence-electron chi connectivity index (χ0n) is 11.2. The molecule has 1 heterocycles. The van der Waals surface area contributed by atoms with Crippen LogP contribution >= 0.6 is 0 Å². The predicted octanol–water partition coefficient (Wildman–Crippen LogP) is -1.53. The number of hydrogen-bond donors (Lipinski definition) is 4. The zero-order valence-corrected chi connectivity index (χ0v) is 11.2. The van der Waals surface area contributed by atoms with E-state index in [2.05, 4.69) is 20.9 Å². The molecule has 1 aliphatic rings. The van der Waals surface area contributed by atoms with Gasteiger partial charge in [-0.2, -0.15) is 0 Å². The summed E-state index contributed by atoms with van der Waals surface area (Å²) in [6.45, 7) is -0.106. The van der Waals surface area contributed by atoms with Crippen LogP contribution in [0.15, 0.2) is 0 Å². The first-order valence-electron chi connectivity index (χ1n) is 6.47. The quantitative estimate of drug-likeness (QED) is 0.496. The third kappa shape index (κ3) is 3.99. The van der Waals surface area contributed by atoms with E-state index in [0.29, 0.717) is 0 Å². The number of carboxylic acids is 1. The Morgan fingerprint density at radius 2 is 2.10 bits per heavy atom. The van der Waals surface area contributed by atoms with Crippen molar-refractivity contribution in [2.45, 2.75) is 31.8 Å². The molecular formula is C11H16N6O4. The van der Waals surface area contributed by atoms with Crippen molar-refractivity contribution in [3.63, 3.8) is 0 Å². The summed E-state index contributed by atoms with van der Waals surface area (Å²) in [4.78, 5) is 34.1. The highest BCUT2D eigenvalue weighted by Crippen LogP contribution is 2.18. The Balaban J connectivity index is 1.98. The fourth-order valence-electron chi connectivity index (χ4n) is 1.76. The number of nitrogens with one attached hydrogen (secondary N) is 2. The largest absolute Gasteiger partial charge is 0.476 e. The van der Waals surface area contributed by atoms with E-state index in [1.54, 1.807) is 0 Å². The summed E-state index contributed by atoms with van der Waals surface area (Å²) in [6.07, 6.45) is 2.04. The maximum atomic E-state index is 11.7. The van der Waals surface area contributed by atoms with Crippen LogP contribution in [-0.2, 0) is 17.8 Å². The van der Waals surface area contributed by atoms with Crippen LogP contribution < -0.4 is 16.4 Å². The maximum Gasteiger partial charge on any atom is 0.358 e. The second-order valence-electron chi connectivity index (χ2n) is 4.68. The van der Waals surface area contributed by atoms with E-state index >= 15 is 0 Å². The van der Waals surface area contributed by atoms with E-state index in [1.165, 1.54) is 0 Å². The highest BCUT2D eigenvalue weighted by atomic mass is 16.4. The van der Waals surface area contributed by atoms with Crippen LogP contribution in [0.1, 0.15) is 29.0 Å². The van der Waals surface area contributed by atoms with Crippen molar-refractivity contribution in [3.05, 3.63) is 11.4 Å². The van der Waals surface area contributed by atoms with Crippen LogP contribution in [0.4, 0.5) is 4.79 Å². The van der Waals surface area contributed by atoms with Crippen LogP contribution in [0.5, 0.6) is 0 Å². The monoisotopic (exact) mass is 296 g/mol. The van der Waals surface area contributed by atoms with Gasteiger partial charge < -0.3 is 16.2 Å². The molecule has 1 aliphatic carbocycles. The number of hydrogen-bond acceptors (Lipinski definition) is 6. The molecule has 10 nitrogen and oxygen atoms in total. The third-order valence-electron chi connectivity index (χ3n) is 2.88. The second-order valence-corrected chi connectivity index (χ2v) is 4.68. The van der Waals surface area contributed by atoms with Crippen molar-refractivity contribution in [2.24, 2.45) is 5.73 Å². The van der Waals surface area contributed by atoms with E-state index in [0.717, 1.165) is 17.5 Å². The number of rotatable bonds is 6. The van der Waals surface area contributed by atoms with Gasteiger partial charge in [0.25, 0.3) is 0 Å². The van der Waals surface area contributed by atoms with Gasteiger partial charge in [0.1, 0.15) is 6.54 Å². The van der Waals surface area contributed by atoms with Crippen LogP contribution in [0.25, 0.3) is 0 Å². The molecule has 0 atom stereocenters. The summed E-state index contributed by atoms with van der Waals surface area (Å²) in [7, 11) is 0. The number of carbonyl (C=O) groups excluding carboxylic acids is 2. The number of carboxylic acid groups (broad SMARTS) is 1. The molecule has 114 valence electrons. The van der Waals surface area contributed by atoms with Crippen LogP contribution in [-0.4, -0.2) is 50.6 Å². The lowest BCUT2D eigenvalue weighted by atomic mass is 10.2. The number of nitrogens with zero attached hydrogens (tertiary/aromatic N) is 3. The molecule has 0 aliphatic heterocycles. The van der Waals surface area contributed by atoms with Crippen molar-refractivity contribution in [3.8, 4) is 0 Å². The molecule has 1 saturated carbocycles. The molecule has 10 heteroatoms. The van der Waals surface area contributed by atoms with Gasteiger partial charge in [-0.15, -0.1) is 5.10 Å². The van der Waals surface area contributed by atoms with Gasteiger partial charge >= 0.3 is 12.0 Å². The molecule has 1 aromatic rings. The summed E-state index contributed by atoms with van der Waals surface area (Å²) in [6, 6.07) is -0.433. The third-order valence-corrected chi connectivity index (χ3v) is 2.88. The van der Waals surface area contributed by atoms with Gasteiger partial charge in [-0.05, 0) is 19.4 Å². The molecule has 0 aromatic carbocycles. The Bertz CT molecular complexity index is 565. The molecule has 0 saturated heterocycles. The zero-order chi connectivity index (χ0) is 15.4. The number of nitrogens with two attached hydrogens (primary N) is 1. The lowest BCUT2D eigenvalue weighted by molar-refractivity contribution is -0.120. The number of aromatic carboxylic acids is 1. The van der Waals surface area contributed by atoms with Crippen molar-refractivity contribution < 1.29 is 19.5 Å². The molecule has 0 unspecified atom stereocenters. The van der Waals surface area contributed by atoms with Crippen LogP contribution in [0, 0.1) is 0 Å².